The maximum atomic E-state index is 14.9. The number of aromatic nitrogens is 4. The smallest absolute Gasteiger partial charge is 0.408 e. The second-order valence-corrected chi connectivity index (χ2v) is 12.5. The Morgan fingerprint density at radius 3 is 2.43 bits per heavy atom. The number of aliphatic hydroxyl groups excluding tert-OH is 1. The predicted octanol–water partition coefficient (Wildman–Crippen LogP) is 3.57. The molecule has 0 aliphatic heterocycles. The van der Waals surface area contributed by atoms with Crippen LogP contribution >= 0.6 is 0 Å². The van der Waals surface area contributed by atoms with Crippen LogP contribution in [0, 0.1) is 5.92 Å². The largest absolute Gasteiger partial charge is 0.444 e. The number of nitrogens with two attached hydrogens (primary N) is 1. The number of carbonyl (C=O) groups is 3. The molecular weight excluding hydrogens is 562 g/mol. The molecule has 12 nitrogen and oxygen atoms in total. The molecule has 0 spiro atoms. The Hall–Kier alpha value is -4.19. The maximum absolute atomic E-state index is 14.9. The molecule has 44 heavy (non-hydrogen) atoms. The lowest BCUT2D eigenvalue weighted by atomic mass is 9.82. The number of imidazole rings is 2. The van der Waals surface area contributed by atoms with Crippen LogP contribution in [-0.4, -0.2) is 71.6 Å². The fourth-order valence-electron chi connectivity index (χ4n) is 5.94. The lowest BCUT2D eigenvalue weighted by Gasteiger charge is -2.42. The monoisotopic (exact) mass is 607 g/mol. The Morgan fingerprint density at radius 1 is 1.11 bits per heavy atom. The Morgan fingerprint density at radius 2 is 1.84 bits per heavy atom. The van der Waals surface area contributed by atoms with E-state index in [1.807, 2.05) is 30.3 Å². The summed E-state index contributed by atoms with van der Waals surface area (Å²) in [5, 5.41) is 14.6. The summed E-state index contributed by atoms with van der Waals surface area (Å²) in [5.41, 5.74) is 6.54. The lowest BCUT2D eigenvalue weighted by molar-refractivity contribution is -0.148. The van der Waals surface area contributed by atoms with Crippen molar-refractivity contribution in [3.05, 3.63) is 72.3 Å². The fourth-order valence-corrected chi connectivity index (χ4v) is 5.94. The molecule has 12 heteroatoms. The van der Waals surface area contributed by atoms with Crippen molar-refractivity contribution in [2.45, 2.75) is 102 Å². The van der Waals surface area contributed by atoms with Crippen molar-refractivity contribution >= 4 is 17.9 Å². The summed E-state index contributed by atoms with van der Waals surface area (Å²) in [5.74, 6) is -0.840. The molecule has 1 aliphatic rings. The second kappa shape index (κ2) is 15.0. The second-order valence-electron chi connectivity index (χ2n) is 12.5. The van der Waals surface area contributed by atoms with Crippen molar-refractivity contribution in [1.29, 1.82) is 0 Å². The number of hydrogen-bond donors (Lipinski definition) is 5. The molecular formula is C32H45N7O5. The highest BCUT2D eigenvalue weighted by atomic mass is 16.6. The van der Waals surface area contributed by atoms with Gasteiger partial charge in [0, 0.05) is 31.4 Å². The molecule has 1 aliphatic carbocycles. The Kier molecular flexibility index (Phi) is 11.2. The van der Waals surface area contributed by atoms with Crippen LogP contribution < -0.4 is 11.1 Å². The Labute approximate surface area is 258 Å². The average Bonchev–Trinajstić information content (AvgIpc) is 3.70. The van der Waals surface area contributed by atoms with E-state index in [-0.39, 0.29) is 24.6 Å². The van der Waals surface area contributed by atoms with Gasteiger partial charge in [0.15, 0.2) is 0 Å². The van der Waals surface area contributed by atoms with Crippen LogP contribution in [0.1, 0.15) is 82.5 Å². The highest BCUT2D eigenvalue weighted by Gasteiger charge is 2.43. The minimum absolute atomic E-state index is 0.0150. The molecule has 0 unspecified atom stereocenters. The van der Waals surface area contributed by atoms with Gasteiger partial charge in [-0.1, -0.05) is 62.4 Å². The number of ether oxygens (including phenoxy) is 1. The van der Waals surface area contributed by atoms with E-state index >= 15 is 0 Å². The Bertz CT molecular complexity index is 1320. The van der Waals surface area contributed by atoms with Crippen LogP contribution in [0.5, 0.6) is 0 Å². The van der Waals surface area contributed by atoms with Crippen molar-refractivity contribution < 1.29 is 24.2 Å². The summed E-state index contributed by atoms with van der Waals surface area (Å²) in [6, 6.07) is 6.07. The van der Waals surface area contributed by atoms with Crippen LogP contribution in [-0.2, 0) is 27.2 Å². The van der Waals surface area contributed by atoms with Crippen molar-refractivity contribution in [3.63, 3.8) is 0 Å². The van der Waals surface area contributed by atoms with Gasteiger partial charge in [-0.3, -0.25) is 9.59 Å². The average molecular weight is 608 g/mol. The van der Waals surface area contributed by atoms with Crippen molar-refractivity contribution in [1.82, 2.24) is 30.2 Å². The maximum Gasteiger partial charge on any atom is 0.408 e. The highest BCUT2D eigenvalue weighted by Crippen LogP contribution is 2.34. The first-order chi connectivity index (χ1) is 21.0. The van der Waals surface area contributed by atoms with E-state index in [1.165, 1.54) is 17.4 Å². The molecule has 4 atom stereocenters. The van der Waals surface area contributed by atoms with Crippen molar-refractivity contribution in [3.8, 4) is 0 Å². The first-order valence-electron chi connectivity index (χ1n) is 15.3. The molecule has 1 fully saturated rings. The number of carbonyl (C=O) groups excluding carboxylic acids is 3. The summed E-state index contributed by atoms with van der Waals surface area (Å²) in [6.45, 7) is 5.21. The molecule has 1 saturated carbocycles. The first-order valence-corrected chi connectivity index (χ1v) is 15.3. The van der Waals surface area contributed by atoms with E-state index in [2.05, 4.69) is 25.3 Å². The Balaban J connectivity index is 1.80. The zero-order chi connectivity index (χ0) is 31.7. The summed E-state index contributed by atoms with van der Waals surface area (Å²) in [6.07, 6.45) is 9.88. The third-order valence-electron chi connectivity index (χ3n) is 7.97. The molecule has 0 radical (unpaired) electrons. The van der Waals surface area contributed by atoms with Crippen LogP contribution in [0.4, 0.5) is 4.79 Å². The van der Waals surface area contributed by atoms with Gasteiger partial charge in [0.1, 0.15) is 29.6 Å². The number of hydrogen-bond acceptors (Lipinski definition) is 7. The number of benzene rings is 1. The molecule has 6 N–H and O–H groups in total. The molecule has 0 bridgehead atoms. The van der Waals surface area contributed by atoms with E-state index in [4.69, 9.17) is 10.5 Å². The number of aromatic amines is 2. The van der Waals surface area contributed by atoms with Crippen molar-refractivity contribution in [2.75, 3.05) is 0 Å². The number of alkyl carbamates (subject to hydrolysis) is 1. The predicted molar refractivity (Wildman–Crippen MR) is 164 cm³/mol. The normalized spacial score (nSPS) is 16.8. The number of rotatable bonds is 13. The van der Waals surface area contributed by atoms with E-state index in [0.29, 0.717) is 12.1 Å². The van der Waals surface area contributed by atoms with Crippen LogP contribution in [0.2, 0.25) is 0 Å². The van der Waals surface area contributed by atoms with E-state index in [9.17, 15) is 19.5 Å². The number of primary amides is 1. The zero-order valence-corrected chi connectivity index (χ0v) is 25.7. The SMILES string of the molecule is CC(C)(C)OC(=O)N[C@@H](Cc1ccccc1)C(=O)N([C@@H](Cc1c[nH]cn1)C(N)=O)[C@@H](CC1CCCCC1)[C@H](O)c1ncc[nH]1. The standard InChI is InChI=1S/C32H45N7O5/c1-32(2,3)44-31(43)38-24(16-21-10-6-4-7-11-21)30(42)39(26(28(33)41)18-23-19-34-20-37-23)25(17-22-12-8-5-9-13-22)27(40)29-35-14-15-36-29/h4,6-7,10-11,14-15,19-20,22,24-27,40H,5,8-9,12-13,16-18H2,1-3H3,(H2,33,41)(H,34,37)(H,35,36)(H,38,43)/t24-,25-,26-,27-/m0/s1. The third kappa shape index (κ3) is 9.15. The molecule has 3 amide bonds. The van der Waals surface area contributed by atoms with Gasteiger partial charge in [0.25, 0.3) is 0 Å². The quantitative estimate of drug-likeness (QED) is 0.197. The molecule has 1 aromatic carbocycles. The minimum atomic E-state index is -1.25. The highest BCUT2D eigenvalue weighted by molar-refractivity contribution is 5.91. The number of nitrogens with one attached hydrogen (secondary N) is 3. The topological polar surface area (TPSA) is 179 Å². The van der Waals surface area contributed by atoms with Crippen LogP contribution in [0.25, 0.3) is 0 Å². The van der Waals surface area contributed by atoms with Gasteiger partial charge in [0.2, 0.25) is 11.8 Å². The summed E-state index contributed by atoms with van der Waals surface area (Å²) >= 11 is 0. The van der Waals surface area contributed by atoms with E-state index < -0.39 is 47.7 Å². The lowest BCUT2D eigenvalue weighted by Crippen LogP contribution is -2.61. The number of amides is 3. The van der Waals surface area contributed by atoms with Gasteiger partial charge in [0.05, 0.1) is 18.1 Å². The van der Waals surface area contributed by atoms with Gasteiger partial charge >= 0.3 is 6.09 Å². The summed E-state index contributed by atoms with van der Waals surface area (Å²) in [4.78, 5) is 57.0. The van der Waals surface area contributed by atoms with Gasteiger partial charge in [-0.2, -0.15) is 0 Å². The van der Waals surface area contributed by atoms with Gasteiger partial charge in [-0.25, -0.2) is 14.8 Å². The molecule has 238 valence electrons. The van der Waals surface area contributed by atoms with Crippen LogP contribution in [0.15, 0.2) is 55.2 Å². The summed E-state index contributed by atoms with van der Waals surface area (Å²) in [7, 11) is 0. The van der Waals surface area contributed by atoms with E-state index in [1.54, 1.807) is 33.2 Å². The zero-order valence-electron chi connectivity index (χ0n) is 25.7. The van der Waals surface area contributed by atoms with Gasteiger partial charge < -0.3 is 35.8 Å². The fraction of sp³-hybridized carbons (Fsp3) is 0.531. The summed E-state index contributed by atoms with van der Waals surface area (Å²) < 4.78 is 5.53. The molecule has 2 aromatic heterocycles. The number of aliphatic hydroxyl groups is 1. The van der Waals surface area contributed by atoms with E-state index in [0.717, 1.165) is 37.7 Å². The molecule has 4 rings (SSSR count). The minimum Gasteiger partial charge on any atom is -0.444 e. The number of H-pyrrole nitrogens is 2. The third-order valence-corrected chi connectivity index (χ3v) is 7.97. The molecule has 0 saturated heterocycles. The van der Waals surface area contributed by atoms with Gasteiger partial charge in [-0.05, 0) is 38.7 Å². The molecule has 2 heterocycles. The van der Waals surface area contributed by atoms with Gasteiger partial charge in [-0.15, -0.1) is 0 Å². The first kappa shape index (κ1) is 32.7. The molecule has 3 aromatic rings. The van der Waals surface area contributed by atoms with Crippen molar-refractivity contribution in [2.24, 2.45) is 11.7 Å². The number of nitrogens with zero attached hydrogens (tertiary/aromatic N) is 3. The van der Waals surface area contributed by atoms with Crippen LogP contribution in [0.3, 0.4) is 0 Å².